The van der Waals surface area contributed by atoms with Crippen LogP contribution >= 0.6 is 0 Å². The van der Waals surface area contributed by atoms with Crippen molar-refractivity contribution in [2.45, 2.75) is 4.90 Å². The van der Waals surface area contributed by atoms with Gasteiger partial charge >= 0.3 is 0 Å². The Kier molecular flexibility index (Phi) is 4.48. The molecule has 0 saturated heterocycles. The average Bonchev–Trinajstić information content (AvgIpc) is 2.78. The van der Waals surface area contributed by atoms with Crippen LogP contribution in [0.4, 0.5) is 5.69 Å². The summed E-state index contributed by atoms with van der Waals surface area (Å²) in [5.74, 6) is 0. The molecular weight excluding hydrogens is 358 g/mol. The van der Waals surface area contributed by atoms with E-state index in [1.165, 1.54) is 38.4 Å². The van der Waals surface area contributed by atoms with E-state index >= 15 is 0 Å². The van der Waals surface area contributed by atoms with Crippen LogP contribution in [-0.4, -0.2) is 0 Å². The minimum absolute atomic E-state index is 0.224. The van der Waals surface area contributed by atoms with E-state index in [1.807, 2.05) is 0 Å². The molecule has 1 heterocycles. The van der Waals surface area contributed by atoms with Crippen LogP contribution in [0, 0.1) is 0 Å². The van der Waals surface area contributed by atoms with Gasteiger partial charge in [0.1, 0.15) is 0 Å². The highest BCUT2D eigenvalue weighted by Crippen LogP contribution is 2.41. The molecule has 0 aliphatic carbocycles. The van der Waals surface area contributed by atoms with E-state index in [0.717, 1.165) is 0 Å². The summed E-state index contributed by atoms with van der Waals surface area (Å²) in [5.41, 5.74) is 7.51. The Hall–Kier alpha value is -3.23. The van der Waals surface area contributed by atoms with Gasteiger partial charge in [-0.2, -0.15) is 4.72 Å². The van der Waals surface area contributed by atoms with Gasteiger partial charge in [-0.05, 0) is 29.3 Å². The van der Waals surface area contributed by atoms with Gasteiger partial charge < -0.3 is 0 Å². The van der Waals surface area contributed by atoms with Crippen LogP contribution in [0.2, 0.25) is 0 Å². The first-order chi connectivity index (χ1) is 13.9. The molecule has 1 atom stereocenters. The lowest BCUT2D eigenvalue weighted by Crippen LogP contribution is -2.17. The van der Waals surface area contributed by atoms with E-state index in [-0.39, 0.29) is 11.1 Å². The van der Waals surface area contributed by atoms with Crippen LogP contribution in [0.1, 0.15) is 11.1 Å². The Balaban J connectivity index is 1.68. The average molecular weight is 379 g/mol. The molecule has 0 spiro atoms. The molecule has 0 fully saturated rings. The number of hydrogen-bond donors (Lipinski definition) is 1. The molecule has 1 aliphatic rings. The van der Waals surface area contributed by atoms with Crippen molar-refractivity contribution >= 4 is 22.3 Å². The summed E-state index contributed by atoms with van der Waals surface area (Å²) >= 11 is -0.224. The van der Waals surface area contributed by atoms with Crippen molar-refractivity contribution in [3.63, 3.8) is 0 Å². The van der Waals surface area contributed by atoms with Gasteiger partial charge in [0.05, 0.1) is 5.69 Å². The number of para-hydroxylation sites is 1. The van der Waals surface area contributed by atoms with E-state index in [9.17, 15) is 0 Å². The molecule has 4 aromatic carbocycles. The maximum absolute atomic E-state index is 3.77. The highest BCUT2D eigenvalue weighted by atomic mass is 32.2. The van der Waals surface area contributed by atoms with Crippen molar-refractivity contribution in [1.82, 2.24) is 0 Å². The molecule has 2 heteroatoms. The van der Waals surface area contributed by atoms with Crippen LogP contribution in [-0.2, 0) is 11.1 Å². The summed E-state index contributed by atoms with van der Waals surface area (Å²) in [6.07, 6.45) is 0. The monoisotopic (exact) mass is 378 g/mol. The summed E-state index contributed by atoms with van der Waals surface area (Å²) < 4.78 is 3.77. The maximum Gasteiger partial charge on any atom is 0.195 e. The Morgan fingerprint density at radius 3 is 1.79 bits per heavy atom. The van der Waals surface area contributed by atoms with Crippen molar-refractivity contribution in [3.8, 4) is 11.1 Å². The molecule has 1 aliphatic heterocycles. The Morgan fingerprint density at radius 2 is 1.11 bits per heavy atom. The van der Waals surface area contributed by atoms with Crippen LogP contribution in [0.15, 0.2) is 119 Å². The lowest BCUT2D eigenvalue weighted by atomic mass is 10.00. The van der Waals surface area contributed by atoms with Crippen molar-refractivity contribution in [3.05, 3.63) is 126 Å². The SMILES string of the molecule is C(=C(c1ccccc1)c1ccccc1)[S+]1Nc2ccccc2-c2ccccc21. The standard InChI is InChI=1S/C26H20NS/c1-3-11-20(12-4-1)24(21-13-5-2-6-14-21)19-28-26-18-10-8-16-23(26)22-15-7-9-17-25(22)27-28/h1-19,27H/q+1. The molecule has 134 valence electrons. The Morgan fingerprint density at radius 1 is 0.571 bits per heavy atom. The predicted octanol–water partition coefficient (Wildman–Crippen LogP) is 6.76. The topological polar surface area (TPSA) is 12.0 Å². The molecule has 4 aromatic rings. The molecule has 0 aromatic heterocycles. The quantitative estimate of drug-likeness (QED) is 0.388. The molecule has 0 radical (unpaired) electrons. The third-order valence-electron chi connectivity index (χ3n) is 4.97. The summed E-state index contributed by atoms with van der Waals surface area (Å²) in [7, 11) is 0. The van der Waals surface area contributed by atoms with E-state index in [2.05, 4.69) is 119 Å². The summed E-state index contributed by atoms with van der Waals surface area (Å²) in [5, 5.41) is 2.39. The first-order valence-electron chi connectivity index (χ1n) is 9.41. The molecule has 1 nitrogen and oxygen atoms in total. The van der Waals surface area contributed by atoms with Crippen LogP contribution in [0.5, 0.6) is 0 Å². The minimum atomic E-state index is -0.224. The number of fused-ring (bicyclic) bond motifs is 3. The normalized spacial score (nSPS) is 14.4. The molecular formula is C26H20NS+. The molecule has 28 heavy (non-hydrogen) atoms. The number of benzene rings is 4. The second-order valence-electron chi connectivity index (χ2n) is 6.75. The first kappa shape index (κ1) is 16.9. The molecule has 1 N–H and O–H groups in total. The highest BCUT2D eigenvalue weighted by molar-refractivity contribution is 8.01. The largest absolute Gasteiger partial charge is 0.197 e. The number of anilines is 1. The first-order valence-corrected chi connectivity index (χ1v) is 10.7. The predicted molar refractivity (Wildman–Crippen MR) is 121 cm³/mol. The van der Waals surface area contributed by atoms with Gasteiger partial charge in [0, 0.05) is 16.7 Å². The van der Waals surface area contributed by atoms with Gasteiger partial charge in [0.15, 0.2) is 21.4 Å². The number of rotatable bonds is 3. The zero-order chi connectivity index (χ0) is 18.8. The molecule has 0 bridgehead atoms. The Bertz CT molecular complexity index is 1090. The Labute approximate surface area is 168 Å². The second-order valence-corrected chi connectivity index (χ2v) is 8.30. The van der Waals surface area contributed by atoms with E-state index in [4.69, 9.17) is 0 Å². The van der Waals surface area contributed by atoms with Gasteiger partial charge in [-0.15, -0.1) is 0 Å². The summed E-state index contributed by atoms with van der Waals surface area (Å²) in [6, 6.07) is 38.6. The molecule has 0 saturated carbocycles. The summed E-state index contributed by atoms with van der Waals surface area (Å²) in [4.78, 5) is 1.34. The zero-order valence-electron chi connectivity index (χ0n) is 15.4. The second kappa shape index (κ2) is 7.41. The van der Waals surface area contributed by atoms with Crippen molar-refractivity contribution in [1.29, 1.82) is 0 Å². The fraction of sp³-hybridized carbons (Fsp3) is 0. The third kappa shape index (κ3) is 3.12. The van der Waals surface area contributed by atoms with Gasteiger partial charge in [0.2, 0.25) is 0 Å². The lowest BCUT2D eigenvalue weighted by molar-refractivity contribution is 1.41. The third-order valence-corrected chi connectivity index (χ3v) is 6.71. The van der Waals surface area contributed by atoms with E-state index < -0.39 is 0 Å². The van der Waals surface area contributed by atoms with Crippen molar-refractivity contribution < 1.29 is 0 Å². The number of nitrogens with one attached hydrogen (secondary N) is 1. The van der Waals surface area contributed by atoms with E-state index in [0.29, 0.717) is 0 Å². The van der Waals surface area contributed by atoms with Gasteiger partial charge in [0.25, 0.3) is 0 Å². The summed E-state index contributed by atoms with van der Waals surface area (Å²) in [6.45, 7) is 0. The molecule has 5 rings (SSSR count). The van der Waals surface area contributed by atoms with Crippen molar-refractivity contribution in [2.75, 3.05) is 4.72 Å². The lowest BCUT2D eigenvalue weighted by Gasteiger charge is -2.19. The smallest absolute Gasteiger partial charge is 0.195 e. The minimum Gasteiger partial charge on any atom is -0.197 e. The van der Waals surface area contributed by atoms with Crippen molar-refractivity contribution in [2.24, 2.45) is 0 Å². The van der Waals surface area contributed by atoms with Crippen LogP contribution < -0.4 is 4.72 Å². The fourth-order valence-corrected chi connectivity index (χ4v) is 5.47. The maximum atomic E-state index is 3.77. The zero-order valence-corrected chi connectivity index (χ0v) is 16.2. The van der Waals surface area contributed by atoms with Crippen LogP contribution in [0.25, 0.3) is 16.7 Å². The number of hydrogen-bond acceptors (Lipinski definition) is 1. The fourth-order valence-electron chi connectivity index (χ4n) is 3.61. The van der Waals surface area contributed by atoms with E-state index in [1.54, 1.807) is 0 Å². The van der Waals surface area contributed by atoms with Gasteiger partial charge in [-0.1, -0.05) is 91.0 Å². The molecule has 0 amide bonds. The van der Waals surface area contributed by atoms with Gasteiger partial charge in [-0.25, -0.2) is 0 Å². The highest BCUT2D eigenvalue weighted by Gasteiger charge is 2.32. The van der Waals surface area contributed by atoms with Gasteiger partial charge in [-0.3, -0.25) is 0 Å². The molecule has 1 unspecified atom stereocenters. The van der Waals surface area contributed by atoms with Crippen LogP contribution in [0.3, 0.4) is 0 Å².